The number of carbonyl (C=O) groups excluding carboxylic acids is 1. The molecule has 1 rings (SSSR count). The van der Waals surface area contributed by atoms with Crippen molar-refractivity contribution in [2.45, 2.75) is 59.3 Å². The summed E-state index contributed by atoms with van der Waals surface area (Å²) in [6, 6.07) is 9.35. The molecule has 0 unspecified atom stereocenters. The van der Waals surface area contributed by atoms with Crippen LogP contribution in [0.1, 0.15) is 69.7 Å². The number of benzene rings is 1. The van der Waals surface area contributed by atoms with Crippen LogP contribution in [0.3, 0.4) is 0 Å². The van der Waals surface area contributed by atoms with Crippen LogP contribution in [0.2, 0.25) is 0 Å². The first kappa shape index (κ1) is 18.7. The topological polar surface area (TPSA) is 26.3 Å². The van der Waals surface area contributed by atoms with Crippen molar-refractivity contribution in [3.8, 4) is 0 Å². The standard InChI is InChI=1S/C19H32NO2/c1-4-7-15-20(16-8-5-2,17-9-6-3)22-19(21)18-13-11-10-12-14-18/h10-14H,4-9,15-17H2,1-3H3/q+1. The normalized spacial score (nSPS) is 11.4. The largest absolute Gasteiger partial charge is 0.397 e. The van der Waals surface area contributed by atoms with Gasteiger partial charge in [0.1, 0.15) is 19.6 Å². The minimum absolute atomic E-state index is 0.191. The molecule has 22 heavy (non-hydrogen) atoms. The zero-order valence-electron chi connectivity index (χ0n) is 14.5. The molecule has 0 atom stereocenters. The summed E-state index contributed by atoms with van der Waals surface area (Å²) in [6.07, 6.45) is 6.66. The van der Waals surface area contributed by atoms with Crippen molar-refractivity contribution < 1.29 is 14.3 Å². The van der Waals surface area contributed by atoms with Crippen LogP contribution >= 0.6 is 0 Å². The molecule has 3 heteroatoms. The molecule has 124 valence electrons. The summed E-state index contributed by atoms with van der Waals surface area (Å²) >= 11 is 0. The molecule has 0 heterocycles. The van der Waals surface area contributed by atoms with Crippen LogP contribution in [0.5, 0.6) is 0 Å². The van der Waals surface area contributed by atoms with Crippen molar-refractivity contribution in [3.63, 3.8) is 0 Å². The minimum Gasteiger partial charge on any atom is -0.271 e. The summed E-state index contributed by atoms with van der Waals surface area (Å²) in [4.78, 5) is 18.5. The van der Waals surface area contributed by atoms with E-state index in [9.17, 15) is 4.79 Å². The average Bonchev–Trinajstić information content (AvgIpc) is 2.56. The number of hydrogen-bond donors (Lipinski definition) is 0. The van der Waals surface area contributed by atoms with Crippen molar-refractivity contribution >= 4 is 5.97 Å². The highest BCUT2D eigenvalue weighted by atomic mass is 16.7. The van der Waals surface area contributed by atoms with Crippen molar-refractivity contribution in [2.24, 2.45) is 0 Å². The molecule has 0 spiro atoms. The first-order valence-corrected chi connectivity index (χ1v) is 8.82. The Morgan fingerprint density at radius 1 is 0.864 bits per heavy atom. The third-order valence-electron chi connectivity index (χ3n) is 4.04. The molecule has 0 aliphatic heterocycles. The number of rotatable bonds is 11. The molecular formula is C19H32NO2+. The molecule has 0 saturated carbocycles. The third kappa shape index (κ3) is 6.18. The quantitative estimate of drug-likeness (QED) is 0.426. The number of hydrogen-bond acceptors (Lipinski definition) is 2. The highest BCUT2D eigenvalue weighted by Gasteiger charge is 2.32. The lowest BCUT2D eigenvalue weighted by molar-refractivity contribution is -1.09. The van der Waals surface area contributed by atoms with E-state index in [0.29, 0.717) is 10.2 Å². The van der Waals surface area contributed by atoms with Gasteiger partial charge in [0.05, 0.1) is 5.56 Å². The molecule has 1 aromatic rings. The van der Waals surface area contributed by atoms with Gasteiger partial charge in [-0.25, -0.2) is 4.79 Å². The Kier molecular flexibility index (Phi) is 8.83. The van der Waals surface area contributed by atoms with Crippen LogP contribution in [-0.2, 0) is 4.84 Å². The number of unbranched alkanes of at least 4 members (excludes halogenated alkanes) is 3. The summed E-state index contributed by atoms with van der Waals surface area (Å²) in [5, 5.41) is 0. The van der Waals surface area contributed by atoms with Crippen LogP contribution in [0.4, 0.5) is 0 Å². The minimum atomic E-state index is -0.191. The van der Waals surface area contributed by atoms with Crippen molar-refractivity contribution in [1.29, 1.82) is 0 Å². The lowest BCUT2D eigenvalue weighted by Crippen LogP contribution is -2.51. The van der Waals surface area contributed by atoms with Gasteiger partial charge in [-0.15, -0.1) is 4.65 Å². The van der Waals surface area contributed by atoms with Crippen molar-refractivity contribution in [3.05, 3.63) is 35.9 Å². The highest BCUT2D eigenvalue weighted by molar-refractivity contribution is 5.88. The van der Waals surface area contributed by atoms with E-state index in [2.05, 4.69) is 20.8 Å². The zero-order valence-corrected chi connectivity index (χ0v) is 14.5. The van der Waals surface area contributed by atoms with Gasteiger partial charge < -0.3 is 0 Å². The monoisotopic (exact) mass is 306 g/mol. The van der Waals surface area contributed by atoms with Gasteiger partial charge in [0.25, 0.3) is 0 Å². The molecule has 3 nitrogen and oxygen atoms in total. The summed E-state index contributed by atoms with van der Waals surface area (Å²) < 4.78 is 0.489. The molecule has 0 radical (unpaired) electrons. The smallest absolute Gasteiger partial charge is 0.271 e. The molecule has 0 bridgehead atoms. The van der Waals surface area contributed by atoms with Gasteiger partial charge >= 0.3 is 5.97 Å². The van der Waals surface area contributed by atoms with E-state index in [-0.39, 0.29) is 5.97 Å². The Bertz CT molecular complexity index is 395. The van der Waals surface area contributed by atoms with E-state index in [1.54, 1.807) is 0 Å². The molecular weight excluding hydrogens is 274 g/mol. The lowest BCUT2D eigenvalue weighted by atomic mass is 10.2. The first-order chi connectivity index (χ1) is 10.7. The molecule has 0 saturated heterocycles. The molecule has 1 aromatic carbocycles. The fourth-order valence-corrected chi connectivity index (χ4v) is 2.61. The van der Waals surface area contributed by atoms with Gasteiger partial charge in [-0.05, 0) is 31.4 Å². The third-order valence-corrected chi connectivity index (χ3v) is 4.04. The zero-order chi connectivity index (χ0) is 16.3. The van der Waals surface area contributed by atoms with E-state index in [4.69, 9.17) is 4.84 Å². The Hall–Kier alpha value is -1.35. The highest BCUT2D eigenvalue weighted by Crippen LogP contribution is 2.18. The number of hydroxylamine groups is 3. The molecule has 0 aromatic heterocycles. The van der Waals surface area contributed by atoms with Crippen LogP contribution in [0.15, 0.2) is 30.3 Å². The Labute approximate surface area is 135 Å². The fourth-order valence-electron chi connectivity index (χ4n) is 2.61. The maximum atomic E-state index is 12.5. The Morgan fingerprint density at radius 2 is 1.32 bits per heavy atom. The van der Waals surface area contributed by atoms with Crippen LogP contribution in [0.25, 0.3) is 0 Å². The van der Waals surface area contributed by atoms with Gasteiger partial charge in [-0.1, -0.05) is 58.2 Å². The fraction of sp³-hybridized carbons (Fsp3) is 0.632. The van der Waals surface area contributed by atoms with Gasteiger partial charge in [0.2, 0.25) is 0 Å². The van der Waals surface area contributed by atoms with Crippen LogP contribution in [0, 0.1) is 0 Å². The van der Waals surface area contributed by atoms with Crippen LogP contribution < -0.4 is 0 Å². The maximum Gasteiger partial charge on any atom is 0.397 e. The molecule has 0 aliphatic rings. The predicted molar refractivity (Wildman–Crippen MR) is 91.4 cm³/mol. The first-order valence-electron chi connectivity index (χ1n) is 8.82. The molecule has 0 aliphatic carbocycles. The average molecular weight is 306 g/mol. The number of nitrogens with zero attached hydrogens (tertiary/aromatic N) is 1. The maximum absolute atomic E-state index is 12.5. The summed E-state index contributed by atoms with van der Waals surface area (Å²) in [6.45, 7) is 9.34. The molecule has 0 fully saturated rings. The summed E-state index contributed by atoms with van der Waals surface area (Å²) in [5.74, 6) is -0.191. The van der Waals surface area contributed by atoms with Crippen LogP contribution in [-0.4, -0.2) is 30.2 Å². The molecule has 0 amide bonds. The summed E-state index contributed by atoms with van der Waals surface area (Å²) in [5.41, 5.74) is 0.648. The van der Waals surface area contributed by atoms with Gasteiger partial charge in [0.15, 0.2) is 0 Å². The second-order valence-corrected chi connectivity index (χ2v) is 6.03. The van der Waals surface area contributed by atoms with Crippen molar-refractivity contribution in [2.75, 3.05) is 19.6 Å². The Balaban J connectivity index is 2.86. The number of carbonyl (C=O) groups is 1. The van der Waals surface area contributed by atoms with Gasteiger partial charge in [-0.3, -0.25) is 4.84 Å². The predicted octanol–water partition coefficient (Wildman–Crippen LogP) is 4.98. The van der Waals surface area contributed by atoms with E-state index in [0.717, 1.165) is 58.2 Å². The molecule has 0 N–H and O–H groups in total. The SMILES string of the molecule is CCCC[N+](CCCC)(CCCC)OC(=O)c1ccccc1. The van der Waals surface area contributed by atoms with E-state index in [1.165, 1.54) is 0 Å². The van der Waals surface area contributed by atoms with Gasteiger partial charge in [-0.2, -0.15) is 0 Å². The second kappa shape index (κ2) is 10.4. The van der Waals surface area contributed by atoms with Gasteiger partial charge in [0, 0.05) is 0 Å². The van der Waals surface area contributed by atoms with E-state index in [1.807, 2.05) is 30.3 Å². The second-order valence-electron chi connectivity index (χ2n) is 6.03. The summed E-state index contributed by atoms with van der Waals surface area (Å²) in [7, 11) is 0. The van der Waals surface area contributed by atoms with E-state index < -0.39 is 0 Å². The van der Waals surface area contributed by atoms with E-state index >= 15 is 0 Å². The van der Waals surface area contributed by atoms with Crippen molar-refractivity contribution in [1.82, 2.24) is 0 Å². The number of quaternary nitrogens is 1. The lowest BCUT2D eigenvalue weighted by Gasteiger charge is -2.34. The Morgan fingerprint density at radius 3 is 1.73 bits per heavy atom.